The number of nitrogens with two attached hydrogens (primary N) is 1. The first-order valence-electron chi connectivity index (χ1n) is 9.10. The number of nitrogens with zero attached hydrogens (tertiary/aromatic N) is 2. The zero-order chi connectivity index (χ0) is 20.4. The highest BCUT2D eigenvalue weighted by molar-refractivity contribution is 7.99. The molecule has 1 aliphatic carbocycles. The van der Waals surface area contributed by atoms with E-state index in [0.717, 1.165) is 29.3 Å². The summed E-state index contributed by atoms with van der Waals surface area (Å²) in [5.74, 6) is -0.0782. The largest absolute Gasteiger partial charge is 0.325 e. The molecule has 1 aromatic heterocycles. The van der Waals surface area contributed by atoms with Crippen LogP contribution in [0.3, 0.4) is 0 Å². The Hall–Kier alpha value is -2.62. The van der Waals surface area contributed by atoms with E-state index in [1.54, 1.807) is 6.07 Å². The highest BCUT2D eigenvalue weighted by Crippen LogP contribution is 2.41. The van der Waals surface area contributed by atoms with Crippen molar-refractivity contribution in [2.75, 3.05) is 11.1 Å². The number of carbonyl (C=O) groups is 1. The summed E-state index contributed by atoms with van der Waals surface area (Å²) in [6.07, 6.45) is 4.07. The van der Waals surface area contributed by atoms with E-state index >= 15 is 0 Å². The number of carbonyl (C=O) groups excluding carboxylic acids is 1. The molecular weight excluding hydrogens is 408 g/mol. The molecule has 0 bridgehead atoms. The predicted molar refractivity (Wildman–Crippen MR) is 113 cm³/mol. The summed E-state index contributed by atoms with van der Waals surface area (Å²) in [5.41, 5.74) is 2.54. The number of sulfonamides is 1. The van der Waals surface area contributed by atoms with Crippen LogP contribution < -0.4 is 10.5 Å². The smallest absolute Gasteiger partial charge is 0.238 e. The molecule has 7 nitrogen and oxygen atoms in total. The highest BCUT2D eigenvalue weighted by Gasteiger charge is 2.29. The number of thioether (sulfide) groups is 1. The summed E-state index contributed by atoms with van der Waals surface area (Å²) >= 11 is 1.36. The Kier molecular flexibility index (Phi) is 5.44. The second-order valence-electron chi connectivity index (χ2n) is 6.80. The summed E-state index contributed by atoms with van der Waals surface area (Å²) in [6, 6.07) is 16.4. The number of imidazole rings is 1. The van der Waals surface area contributed by atoms with E-state index in [1.165, 1.54) is 30.0 Å². The van der Waals surface area contributed by atoms with Crippen LogP contribution >= 0.6 is 11.8 Å². The molecule has 3 aromatic rings. The first kappa shape index (κ1) is 19.7. The first-order valence-corrected chi connectivity index (χ1v) is 11.6. The Balaban J connectivity index is 1.46. The molecule has 0 atom stereocenters. The fraction of sp³-hybridized carbons (Fsp3) is 0.200. The lowest BCUT2D eigenvalue weighted by Crippen LogP contribution is -2.16. The molecule has 0 saturated heterocycles. The third-order valence-electron chi connectivity index (χ3n) is 4.52. The minimum Gasteiger partial charge on any atom is -0.325 e. The van der Waals surface area contributed by atoms with Crippen molar-refractivity contribution >= 4 is 33.4 Å². The molecule has 150 valence electrons. The summed E-state index contributed by atoms with van der Waals surface area (Å²) in [6.45, 7) is 0. The van der Waals surface area contributed by atoms with Gasteiger partial charge in [-0.3, -0.25) is 4.79 Å². The van der Waals surface area contributed by atoms with Gasteiger partial charge in [-0.15, -0.1) is 0 Å². The molecule has 9 heteroatoms. The van der Waals surface area contributed by atoms with Gasteiger partial charge in [0.05, 0.1) is 22.5 Å². The van der Waals surface area contributed by atoms with E-state index < -0.39 is 10.0 Å². The normalized spacial score (nSPS) is 14.0. The number of hydrogen-bond acceptors (Lipinski definition) is 5. The molecule has 29 heavy (non-hydrogen) atoms. The molecule has 1 amide bonds. The standard InChI is InChI=1S/C20H20N4O3S2/c21-29(26,27)17-8-4-7-15(11-17)23-19(25)13-28-20-22-12-18(24(20)16-9-10-16)14-5-2-1-3-6-14/h1-8,11-12,16H,9-10,13H2,(H,23,25)(H2,21,26,27). The van der Waals surface area contributed by atoms with Crippen LogP contribution in [0.2, 0.25) is 0 Å². The van der Waals surface area contributed by atoms with Gasteiger partial charge in [0.15, 0.2) is 5.16 Å². The van der Waals surface area contributed by atoms with Gasteiger partial charge >= 0.3 is 0 Å². The Bertz CT molecular complexity index is 1140. The molecule has 1 saturated carbocycles. The molecule has 1 heterocycles. The second kappa shape index (κ2) is 8.02. The summed E-state index contributed by atoms with van der Waals surface area (Å²) in [5, 5.41) is 8.65. The molecule has 1 aliphatic rings. The first-order chi connectivity index (χ1) is 13.9. The van der Waals surface area contributed by atoms with Gasteiger partial charge in [-0.25, -0.2) is 18.5 Å². The topological polar surface area (TPSA) is 107 Å². The zero-order valence-electron chi connectivity index (χ0n) is 15.5. The number of primary sulfonamides is 1. The number of benzene rings is 2. The van der Waals surface area contributed by atoms with Gasteiger partial charge in [0.2, 0.25) is 15.9 Å². The van der Waals surface area contributed by atoms with Crippen LogP contribution in [-0.4, -0.2) is 29.6 Å². The van der Waals surface area contributed by atoms with Crippen molar-refractivity contribution in [3.8, 4) is 11.3 Å². The Morgan fingerprint density at radius 1 is 1.17 bits per heavy atom. The van der Waals surface area contributed by atoms with E-state index in [-0.39, 0.29) is 16.6 Å². The summed E-state index contributed by atoms with van der Waals surface area (Å²) < 4.78 is 25.1. The minimum atomic E-state index is -3.82. The maximum Gasteiger partial charge on any atom is 0.238 e. The third-order valence-corrected chi connectivity index (χ3v) is 6.40. The number of anilines is 1. The van der Waals surface area contributed by atoms with Gasteiger partial charge in [-0.1, -0.05) is 48.2 Å². The van der Waals surface area contributed by atoms with E-state index in [2.05, 4.69) is 27.0 Å². The van der Waals surface area contributed by atoms with Crippen LogP contribution in [-0.2, 0) is 14.8 Å². The van der Waals surface area contributed by atoms with E-state index in [4.69, 9.17) is 5.14 Å². The van der Waals surface area contributed by atoms with Crippen molar-refractivity contribution in [3.05, 3.63) is 60.8 Å². The fourth-order valence-electron chi connectivity index (χ4n) is 3.04. The third kappa shape index (κ3) is 4.69. The molecule has 0 radical (unpaired) electrons. The number of aromatic nitrogens is 2. The predicted octanol–water partition coefficient (Wildman–Crippen LogP) is 3.26. The Morgan fingerprint density at radius 2 is 1.93 bits per heavy atom. The molecule has 1 fully saturated rings. The second-order valence-corrected chi connectivity index (χ2v) is 9.31. The van der Waals surface area contributed by atoms with Gasteiger partial charge in [-0.2, -0.15) is 0 Å². The van der Waals surface area contributed by atoms with Crippen molar-refractivity contribution in [2.24, 2.45) is 5.14 Å². The molecular formula is C20H20N4O3S2. The molecule has 0 spiro atoms. The van der Waals surface area contributed by atoms with E-state index in [0.29, 0.717) is 11.7 Å². The van der Waals surface area contributed by atoms with Crippen molar-refractivity contribution in [1.82, 2.24) is 9.55 Å². The lowest BCUT2D eigenvalue weighted by Gasteiger charge is -2.11. The van der Waals surface area contributed by atoms with Crippen molar-refractivity contribution in [3.63, 3.8) is 0 Å². The van der Waals surface area contributed by atoms with E-state index in [9.17, 15) is 13.2 Å². The maximum atomic E-state index is 12.4. The van der Waals surface area contributed by atoms with Gasteiger partial charge in [-0.05, 0) is 36.6 Å². The maximum absolute atomic E-state index is 12.4. The zero-order valence-corrected chi connectivity index (χ0v) is 17.1. The lowest BCUT2D eigenvalue weighted by atomic mass is 10.2. The van der Waals surface area contributed by atoms with E-state index in [1.807, 2.05) is 24.4 Å². The number of hydrogen-bond donors (Lipinski definition) is 2. The monoisotopic (exact) mass is 428 g/mol. The molecule has 4 rings (SSSR count). The van der Waals surface area contributed by atoms with Crippen LogP contribution in [0.4, 0.5) is 5.69 Å². The number of rotatable bonds is 7. The van der Waals surface area contributed by atoms with Crippen LogP contribution in [0.15, 0.2) is 70.8 Å². The quantitative estimate of drug-likeness (QED) is 0.562. The Morgan fingerprint density at radius 3 is 2.62 bits per heavy atom. The van der Waals surface area contributed by atoms with Crippen LogP contribution in [0.5, 0.6) is 0 Å². The number of nitrogens with one attached hydrogen (secondary N) is 1. The molecule has 2 aromatic carbocycles. The van der Waals surface area contributed by atoms with Crippen LogP contribution in [0.1, 0.15) is 18.9 Å². The van der Waals surface area contributed by atoms with Gasteiger partial charge in [0, 0.05) is 11.7 Å². The molecule has 0 unspecified atom stereocenters. The minimum absolute atomic E-state index is 0.0419. The van der Waals surface area contributed by atoms with Gasteiger partial charge in [0.25, 0.3) is 0 Å². The van der Waals surface area contributed by atoms with Gasteiger partial charge < -0.3 is 9.88 Å². The number of amides is 1. The summed E-state index contributed by atoms with van der Waals surface area (Å²) in [7, 11) is -3.82. The average Bonchev–Trinajstić information content (AvgIpc) is 3.45. The lowest BCUT2D eigenvalue weighted by molar-refractivity contribution is -0.113. The summed E-state index contributed by atoms with van der Waals surface area (Å²) in [4.78, 5) is 16.9. The van der Waals surface area contributed by atoms with Gasteiger partial charge in [0.1, 0.15) is 0 Å². The fourth-order valence-corrected chi connectivity index (χ4v) is 4.44. The average molecular weight is 429 g/mol. The Labute approximate surface area is 173 Å². The molecule has 0 aliphatic heterocycles. The van der Waals surface area contributed by atoms with Crippen molar-refractivity contribution in [1.29, 1.82) is 0 Å². The van der Waals surface area contributed by atoms with Crippen LogP contribution in [0, 0.1) is 0 Å². The van der Waals surface area contributed by atoms with Crippen molar-refractivity contribution < 1.29 is 13.2 Å². The molecule has 3 N–H and O–H groups in total. The van der Waals surface area contributed by atoms with Crippen molar-refractivity contribution in [2.45, 2.75) is 28.9 Å². The SMILES string of the molecule is NS(=O)(=O)c1cccc(NC(=O)CSc2ncc(-c3ccccc3)n2C2CC2)c1. The highest BCUT2D eigenvalue weighted by atomic mass is 32.2. The van der Waals surface area contributed by atoms with Crippen LogP contribution in [0.25, 0.3) is 11.3 Å².